The van der Waals surface area contributed by atoms with Gasteiger partial charge in [-0.1, -0.05) is 30.3 Å². The summed E-state index contributed by atoms with van der Waals surface area (Å²) in [7, 11) is 0. The first-order valence-electron chi connectivity index (χ1n) is 9.81. The van der Waals surface area contributed by atoms with Gasteiger partial charge in [-0.3, -0.25) is 14.6 Å². The fraction of sp³-hybridized carbons (Fsp3) is 0.381. The van der Waals surface area contributed by atoms with Gasteiger partial charge in [0.1, 0.15) is 4.70 Å². The first-order chi connectivity index (χ1) is 13.7. The molecule has 3 heterocycles. The Morgan fingerprint density at radius 3 is 2.82 bits per heavy atom. The van der Waals surface area contributed by atoms with Crippen LogP contribution in [0.25, 0.3) is 21.3 Å². The number of H-pyrrole nitrogens is 1. The number of carbonyl (C=O) groups excluding carboxylic acids is 1. The molecule has 6 nitrogen and oxygen atoms in total. The number of aromatic amines is 1. The fourth-order valence-electron chi connectivity index (χ4n) is 3.82. The average Bonchev–Trinajstić information content (AvgIpc) is 3.43. The number of fused-ring (bicyclic) bond motifs is 1. The van der Waals surface area contributed by atoms with Gasteiger partial charge in [0.25, 0.3) is 5.56 Å². The summed E-state index contributed by atoms with van der Waals surface area (Å²) in [6.07, 6.45) is 3.98. The van der Waals surface area contributed by atoms with E-state index >= 15 is 0 Å². The van der Waals surface area contributed by atoms with Crippen LogP contribution in [0.4, 0.5) is 5.95 Å². The van der Waals surface area contributed by atoms with E-state index in [9.17, 15) is 9.59 Å². The Morgan fingerprint density at radius 1 is 1.21 bits per heavy atom. The second kappa shape index (κ2) is 7.05. The summed E-state index contributed by atoms with van der Waals surface area (Å²) >= 11 is 1.42. The average molecular weight is 395 g/mol. The van der Waals surface area contributed by atoms with Gasteiger partial charge in [0.2, 0.25) is 11.9 Å². The number of nitrogens with one attached hydrogen (secondary N) is 2. The van der Waals surface area contributed by atoms with Gasteiger partial charge < -0.3 is 10.2 Å². The largest absolute Gasteiger partial charge is 0.353 e. The lowest BCUT2D eigenvalue weighted by atomic mass is 9.97. The Morgan fingerprint density at radius 2 is 2.04 bits per heavy atom. The summed E-state index contributed by atoms with van der Waals surface area (Å²) in [6.45, 7) is 1.39. The third kappa shape index (κ3) is 3.30. The van der Waals surface area contributed by atoms with E-state index in [-0.39, 0.29) is 17.4 Å². The lowest BCUT2D eigenvalue weighted by molar-refractivity contribution is -0.125. The monoisotopic (exact) mass is 394 g/mol. The minimum absolute atomic E-state index is 0.0496. The summed E-state index contributed by atoms with van der Waals surface area (Å²) in [5.74, 6) is 0.652. The van der Waals surface area contributed by atoms with Crippen LogP contribution in [0.1, 0.15) is 25.7 Å². The molecule has 1 aromatic carbocycles. The second-order valence-corrected chi connectivity index (χ2v) is 8.53. The zero-order valence-electron chi connectivity index (χ0n) is 15.5. The van der Waals surface area contributed by atoms with Gasteiger partial charge in [0, 0.05) is 30.1 Å². The van der Waals surface area contributed by atoms with E-state index in [0.717, 1.165) is 48.9 Å². The van der Waals surface area contributed by atoms with Crippen molar-refractivity contribution >= 4 is 33.4 Å². The van der Waals surface area contributed by atoms with Crippen LogP contribution >= 0.6 is 11.3 Å². The first kappa shape index (κ1) is 17.4. The molecule has 1 saturated heterocycles. The predicted molar refractivity (Wildman–Crippen MR) is 112 cm³/mol. The molecule has 1 aliphatic heterocycles. The minimum Gasteiger partial charge on any atom is -0.353 e. The molecule has 28 heavy (non-hydrogen) atoms. The number of rotatable bonds is 4. The summed E-state index contributed by atoms with van der Waals surface area (Å²) in [6, 6.07) is 10.4. The fourth-order valence-corrected chi connectivity index (χ4v) is 4.73. The van der Waals surface area contributed by atoms with Crippen molar-refractivity contribution in [3.63, 3.8) is 0 Å². The lowest BCUT2D eigenvalue weighted by Crippen LogP contribution is -2.44. The summed E-state index contributed by atoms with van der Waals surface area (Å²) in [5.41, 5.74) is 2.65. The highest BCUT2D eigenvalue weighted by atomic mass is 32.1. The maximum absolute atomic E-state index is 12.7. The van der Waals surface area contributed by atoms with Crippen molar-refractivity contribution in [2.45, 2.75) is 31.7 Å². The van der Waals surface area contributed by atoms with Crippen molar-refractivity contribution in [1.29, 1.82) is 0 Å². The molecule has 0 spiro atoms. The molecule has 5 rings (SSSR count). The van der Waals surface area contributed by atoms with E-state index in [1.54, 1.807) is 0 Å². The van der Waals surface area contributed by atoms with Crippen LogP contribution in [-0.2, 0) is 4.79 Å². The van der Waals surface area contributed by atoms with Crippen molar-refractivity contribution in [3.8, 4) is 11.1 Å². The Balaban J connectivity index is 1.47. The van der Waals surface area contributed by atoms with E-state index in [1.165, 1.54) is 11.3 Å². The number of piperidine rings is 1. The smallest absolute Gasteiger partial charge is 0.270 e. The van der Waals surface area contributed by atoms with Crippen LogP contribution in [0.15, 0.2) is 40.5 Å². The third-order valence-corrected chi connectivity index (χ3v) is 6.48. The highest BCUT2D eigenvalue weighted by Gasteiger charge is 2.31. The molecule has 1 unspecified atom stereocenters. The van der Waals surface area contributed by atoms with Gasteiger partial charge >= 0.3 is 0 Å². The minimum atomic E-state index is -0.114. The second-order valence-electron chi connectivity index (χ2n) is 7.65. The normalized spacial score (nSPS) is 19.7. The quantitative estimate of drug-likeness (QED) is 0.713. The molecule has 3 aromatic rings. The van der Waals surface area contributed by atoms with Crippen molar-refractivity contribution in [2.75, 3.05) is 18.0 Å². The Kier molecular flexibility index (Phi) is 4.39. The Labute approximate surface area is 166 Å². The van der Waals surface area contributed by atoms with E-state index in [4.69, 9.17) is 4.98 Å². The molecule has 1 atom stereocenters. The number of anilines is 1. The van der Waals surface area contributed by atoms with Crippen LogP contribution in [0.5, 0.6) is 0 Å². The number of aromatic nitrogens is 2. The number of thiophene rings is 1. The van der Waals surface area contributed by atoms with Gasteiger partial charge in [0.15, 0.2) is 0 Å². The molecule has 0 radical (unpaired) electrons. The maximum atomic E-state index is 12.7. The summed E-state index contributed by atoms with van der Waals surface area (Å²) < 4.78 is 0.641. The number of nitrogens with zero attached hydrogens (tertiary/aromatic N) is 2. The van der Waals surface area contributed by atoms with Crippen molar-refractivity contribution < 1.29 is 4.79 Å². The molecule has 2 fully saturated rings. The molecule has 2 aliphatic rings. The highest BCUT2D eigenvalue weighted by molar-refractivity contribution is 7.17. The van der Waals surface area contributed by atoms with Crippen LogP contribution in [0, 0.1) is 5.92 Å². The van der Waals surface area contributed by atoms with Crippen LogP contribution in [-0.4, -0.2) is 35.0 Å². The van der Waals surface area contributed by atoms with E-state index in [1.807, 2.05) is 40.6 Å². The Bertz CT molecular complexity index is 1070. The van der Waals surface area contributed by atoms with E-state index < -0.39 is 0 Å². The number of benzene rings is 1. The number of carbonyl (C=O) groups is 1. The predicted octanol–water partition coefficient (Wildman–Crippen LogP) is 3.15. The first-order valence-corrected chi connectivity index (χ1v) is 10.7. The lowest BCUT2D eigenvalue weighted by Gasteiger charge is -2.32. The number of hydrogen-bond acceptors (Lipinski definition) is 5. The number of amides is 1. The Hall–Kier alpha value is -2.67. The topological polar surface area (TPSA) is 78.1 Å². The van der Waals surface area contributed by atoms with E-state index in [2.05, 4.69) is 10.3 Å². The van der Waals surface area contributed by atoms with Crippen LogP contribution < -0.4 is 15.8 Å². The molecule has 7 heteroatoms. The van der Waals surface area contributed by atoms with Crippen LogP contribution in [0.2, 0.25) is 0 Å². The van der Waals surface area contributed by atoms with Crippen molar-refractivity contribution in [1.82, 2.24) is 15.3 Å². The van der Waals surface area contributed by atoms with Crippen molar-refractivity contribution in [2.24, 2.45) is 5.92 Å². The molecular formula is C21H22N4O2S. The third-order valence-electron chi connectivity index (χ3n) is 5.51. The highest BCUT2D eigenvalue weighted by Crippen LogP contribution is 2.32. The van der Waals surface area contributed by atoms with Crippen LogP contribution in [0.3, 0.4) is 0 Å². The SMILES string of the molecule is O=C(NC1CC1)C1CCCN(c2nc3c(-c4ccccc4)csc3c(=O)[nH]2)C1. The van der Waals surface area contributed by atoms with Gasteiger partial charge in [-0.25, -0.2) is 4.98 Å². The standard InChI is InChI=1S/C21H22N4O2S/c26-19(22-15-8-9-15)14-7-4-10-25(11-14)21-23-17-16(13-5-2-1-3-6-13)12-28-18(17)20(27)24-21/h1-3,5-6,12,14-15H,4,7-11H2,(H,22,26)(H,23,24,27). The zero-order chi connectivity index (χ0) is 19.1. The molecular weight excluding hydrogens is 372 g/mol. The van der Waals surface area contributed by atoms with Gasteiger partial charge in [-0.15, -0.1) is 11.3 Å². The molecule has 1 saturated carbocycles. The molecule has 1 aliphatic carbocycles. The summed E-state index contributed by atoms with van der Waals surface area (Å²) in [4.78, 5) is 34.9. The van der Waals surface area contributed by atoms with Gasteiger partial charge in [-0.2, -0.15) is 0 Å². The van der Waals surface area contributed by atoms with E-state index in [0.29, 0.717) is 23.2 Å². The molecule has 1 amide bonds. The maximum Gasteiger partial charge on any atom is 0.270 e. The molecule has 0 bridgehead atoms. The van der Waals surface area contributed by atoms with Gasteiger partial charge in [0.05, 0.1) is 11.4 Å². The molecule has 144 valence electrons. The van der Waals surface area contributed by atoms with Gasteiger partial charge in [-0.05, 0) is 31.2 Å². The van der Waals surface area contributed by atoms with Crippen molar-refractivity contribution in [3.05, 3.63) is 46.1 Å². The molecule has 2 N–H and O–H groups in total. The molecule has 2 aromatic heterocycles. The number of hydrogen-bond donors (Lipinski definition) is 2. The zero-order valence-corrected chi connectivity index (χ0v) is 16.3. The summed E-state index contributed by atoms with van der Waals surface area (Å²) in [5, 5.41) is 5.10.